The maximum atomic E-state index is 5.55. The molecule has 4 heteroatoms. The topological polar surface area (TPSA) is 21.3 Å². The lowest BCUT2D eigenvalue weighted by molar-refractivity contribution is 0.0116. The molecule has 0 spiro atoms. The van der Waals surface area contributed by atoms with E-state index in [1.54, 1.807) is 11.3 Å². The van der Waals surface area contributed by atoms with E-state index in [0.717, 1.165) is 19.4 Å². The van der Waals surface area contributed by atoms with Gasteiger partial charge in [-0.2, -0.15) is 0 Å². The van der Waals surface area contributed by atoms with Crippen LogP contribution in [0.3, 0.4) is 0 Å². The molecule has 1 aliphatic heterocycles. The van der Waals surface area contributed by atoms with Crippen LogP contribution in [0.4, 0.5) is 0 Å². The third-order valence-corrected chi connectivity index (χ3v) is 4.86. The molecule has 0 aromatic carbocycles. The van der Waals surface area contributed by atoms with Gasteiger partial charge in [-0.1, -0.05) is 0 Å². The van der Waals surface area contributed by atoms with Gasteiger partial charge in [-0.15, -0.1) is 11.3 Å². The van der Waals surface area contributed by atoms with Gasteiger partial charge in [0.25, 0.3) is 0 Å². The zero-order valence-corrected chi connectivity index (χ0v) is 12.1. The predicted molar refractivity (Wildman–Crippen MR) is 72.0 cm³/mol. The molecule has 0 saturated carbocycles. The van der Waals surface area contributed by atoms with E-state index in [1.807, 2.05) is 0 Å². The van der Waals surface area contributed by atoms with E-state index in [0.29, 0.717) is 18.2 Å². The Morgan fingerprint density at radius 3 is 3.06 bits per heavy atom. The minimum Gasteiger partial charge on any atom is -0.378 e. The minimum atomic E-state index is 0.397. The molecule has 0 aliphatic carbocycles. The van der Waals surface area contributed by atoms with Crippen molar-refractivity contribution in [3.63, 3.8) is 0 Å². The first-order valence-electron chi connectivity index (χ1n) is 5.76. The molecule has 0 bridgehead atoms. The summed E-state index contributed by atoms with van der Waals surface area (Å²) in [4.78, 5) is 1.39. The van der Waals surface area contributed by atoms with Crippen LogP contribution in [-0.4, -0.2) is 18.8 Å². The summed E-state index contributed by atoms with van der Waals surface area (Å²) in [6, 6.07) is 3.23. The number of thiophene rings is 1. The van der Waals surface area contributed by atoms with Crippen LogP contribution in [-0.2, 0) is 4.74 Å². The first-order valence-corrected chi connectivity index (χ1v) is 7.44. The predicted octanol–water partition coefficient (Wildman–Crippen LogP) is 3.73. The molecule has 1 aromatic rings. The van der Waals surface area contributed by atoms with Crippen molar-refractivity contribution in [1.82, 2.24) is 5.32 Å². The summed E-state index contributed by atoms with van der Waals surface area (Å²) in [6.07, 6.45) is 2.64. The third-order valence-electron chi connectivity index (χ3n) is 2.99. The summed E-state index contributed by atoms with van der Waals surface area (Å²) < 4.78 is 6.74. The fourth-order valence-corrected chi connectivity index (χ4v) is 3.60. The zero-order chi connectivity index (χ0) is 11.5. The van der Waals surface area contributed by atoms with Crippen LogP contribution in [0.1, 0.15) is 37.6 Å². The molecule has 90 valence electrons. The molecule has 1 saturated heterocycles. The average molecular weight is 304 g/mol. The standard InChI is InChI=1S/C12H18BrNOS/c1-8-5-11(3-4-15-8)14-9(2)12-6-10(13)7-16-12/h6-9,11,14H,3-5H2,1-2H3. The summed E-state index contributed by atoms with van der Waals surface area (Å²) >= 11 is 5.30. The Kier molecular flexibility index (Phi) is 4.41. The van der Waals surface area contributed by atoms with Crippen molar-refractivity contribution < 1.29 is 4.74 Å². The average Bonchev–Trinajstić information content (AvgIpc) is 2.65. The fraction of sp³-hybridized carbons (Fsp3) is 0.667. The van der Waals surface area contributed by atoms with Gasteiger partial charge in [0.1, 0.15) is 0 Å². The third kappa shape index (κ3) is 3.29. The summed E-state index contributed by atoms with van der Waals surface area (Å²) in [5.41, 5.74) is 0. The fourth-order valence-electron chi connectivity index (χ4n) is 2.14. The molecule has 0 amide bonds. The first kappa shape index (κ1) is 12.6. The largest absolute Gasteiger partial charge is 0.378 e. The van der Waals surface area contributed by atoms with Crippen LogP contribution in [0.5, 0.6) is 0 Å². The molecule has 1 N–H and O–H groups in total. The monoisotopic (exact) mass is 303 g/mol. The molecule has 3 atom stereocenters. The van der Waals surface area contributed by atoms with E-state index in [9.17, 15) is 0 Å². The number of hydrogen-bond acceptors (Lipinski definition) is 3. The van der Waals surface area contributed by atoms with Crippen LogP contribution in [0.25, 0.3) is 0 Å². The second kappa shape index (κ2) is 5.63. The maximum absolute atomic E-state index is 5.55. The zero-order valence-electron chi connectivity index (χ0n) is 9.70. The quantitative estimate of drug-likeness (QED) is 0.919. The van der Waals surface area contributed by atoms with E-state index in [4.69, 9.17) is 4.74 Å². The van der Waals surface area contributed by atoms with Crippen LogP contribution >= 0.6 is 27.3 Å². The van der Waals surface area contributed by atoms with Crippen molar-refractivity contribution in [2.45, 2.75) is 44.9 Å². The van der Waals surface area contributed by atoms with Gasteiger partial charge in [-0.25, -0.2) is 0 Å². The van der Waals surface area contributed by atoms with Gasteiger partial charge in [0.15, 0.2) is 0 Å². The van der Waals surface area contributed by atoms with E-state index in [1.165, 1.54) is 9.35 Å². The lowest BCUT2D eigenvalue weighted by atomic mass is 10.0. The Bertz CT molecular complexity index is 342. The van der Waals surface area contributed by atoms with Crippen molar-refractivity contribution >= 4 is 27.3 Å². The molecular formula is C12H18BrNOS. The number of rotatable bonds is 3. The van der Waals surface area contributed by atoms with Crippen molar-refractivity contribution in [2.24, 2.45) is 0 Å². The molecule has 2 nitrogen and oxygen atoms in total. The van der Waals surface area contributed by atoms with Gasteiger partial charge in [0.05, 0.1) is 6.10 Å². The van der Waals surface area contributed by atoms with E-state index in [2.05, 4.69) is 46.5 Å². The molecule has 1 aliphatic rings. The number of hydrogen-bond donors (Lipinski definition) is 1. The highest BCUT2D eigenvalue weighted by Crippen LogP contribution is 2.26. The lowest BCUT2D eigenvalue weighted by Crippen LogP contribution is -2.39. The first-order chi connectivity index (χ1) is 7.65. The van der Waals surface area contributed by atoms with Crippen LogP contribution in [0.15, 0.2) is 15.9 Å². The maximum Gasteiger partial charge on any atom is 0.0561 e. The molecule has 16 heavy (non-hydrogen) atoms. The Morgan fingerprint density at radius 2 is 2.44 bits per heavy atom. The Hall–Kier alpha value is 0.1000. The number of ether oxygens (including phenoxy) is 1. The SMILES string of the molecule is CC1CC(NC(C)c2cc(Br)cs2)CCO1. The molecule has 1 fully saturated rings. The van der Waals surface area contributed by atoms with Gasteiger partial charge in [-0.3, -0.25) is 0 Å². The van der Waals surface area contributed by atoms with Crippen LogP contribution < -0.4 is 5.32 Å². The van der Waals surface area contributed by atoms with Gasteiger partial charge in [-0.05, 0) is 48.7 Å². The Labute approximate surface area is 110 Å². The van der Waals surface area contributed by atoms with Gasteiger partial charge in [0, 0.05) is 33.4 Å². The van der Waals surface area contributed by atoms with Crippen LogP contribution in [0.2, 0.25) is 0 Å². The van der Waals surface area contributed by atoms with Crippen molar-refractivity contribution in [3.05, 3.63) is 20.8 Å². The molecule has 1 aromatic heterocycles. The van der Waals surface area contributed by atoms with E-state index < -0.39 is 0 Å². The second-order valence-electron chi connectivity index (χ2n) is 4.46. The summed E-state index contributed by atoms with van der Waals surface area (Å²) in [5.74, 6) is 0. The smallest absolute Gasteiger partial charge is 0.0561 e. The van der Waals surface area contributed by atoms with E-state index in [-0.39, 0.29) is 0 Å². The lowest BCUT2D eigenvalue weighted by Gasteiger charge is -2.30. The van der Waals surface area contributed by atoms with Crippen molar-refractivity contribution in [2.75, 3.05) is 6.61 Å². The summed E-state index contributed by atoms with van der Waals surface area (Å²) in [5, 5.41) is 5.83. The number of nitrogens with one attached hydrogen (secondary N) is 1. The summed E-state index contributed by atoms with van der Waals surface area (Å²) in [6.45, 7) is 5.28. The Balaban J connectivity index is 1.89. The molecule has 2 rings (SSSR count). The van der Waals surface area contributed by atoms with Crippen molar-refractivity contribution in [1.29, 1.82) is 0 Å². The Morgan fingerprint density at radius 1 is 1.62 bits per heavy atom. The highest BCUT2D eigenvalue weighted by molar-refractivity contribution is 9.10. The highest BCUT2D eigenvalue weighted by atomic mass is 79.9. The molecule has 3 unspecified atom stereocenters. The van der Waals surface area contributed by atoms with Crippen LogP contribution in [0, 0.1) is 0 Å². The normalized spacial score (nSPS) is 27.9. The molecule has 0 radical (unpaired) electrons. The highest BCUT2D eigenvalue weighted by Gasteiger charge is 2.21. The van der Waals surface area contributed by atoms with Gasteiger partial charge in [0.2, 0.25) is 0 Å². The minimum absolute atomic E-state index is 0.397. The molecular weight excluding hydrogens is 286 g/mol. The summed E-state index contributed by atoms with van der Waals surface area (Å²) in [7, 11) is 0. The van der Waals surface area contributed by atoms with Gasteiger partial charge >= 0.3 is 0 Å². The molecule has 2 heterocycles. The van der Waals surface area contributed by atoms with Gasteiger partial charge < -0.3 is 10.1 Å². The van der Waals surface area contributed by atoms with Crippen molar-refractivity contribution in [3.8, 4) is 0 Å². The number of halogens is 1. The second-order valence-corrected chi connectivity index (χ2v) is 6.32. The van der Waals surface area contributed by atoms with E-state index >= 15 is 0 Å².